The molecular formula is C29H27Cl2N3O6S2. The quantitative estimate of drug-likeness (QED) is 0.210. The Morgan fingerprint density at radius 2 is 1.43 bits per heavy atom. The summed E-state index contributed by atoms with van der Waals surface area (Å²) < 4.78 is 61.9. The van der Waals surface area contributed by atoms with Crippen molar-refractivity contribution in [1.82, 2.24) is 0 Å². The molecule has 4 aromatic carbocycles. The van der Waals surface area contributed by atoms with E-state index in [2.05, 4.69) is 10.0 Å². The van der Waals surface area contributed by atoms with E-state index in [-0.39, 0.29) is 36.9 Å². The third-order valence-electron chi connectivity index (χ3n) is 6.12. The maximum Gasteiger partial charge on any atom is 0.264 e. The number of hydrogen-bond donors (Lipinski definition) is 2. The number of methoxy groups -OCH3 is 1. The first-order valence-electron chi connectivity index (χ1n) is 12.4. The molecule has 4 rings (SSSR count). The van der Waals surface area contributed by atoms with Crippen LogP contribution in [0.3, 0.4) is 0 Å². The fourth-order valence-electron chi connectivity index (χ4n) is 3.97. The highest BCUT2D eigenvalue weighted by Gasteiger charge is 2.29. The molecule has 0 radical (unpaired) electrons. The molecule has 0 saturated heterocycles. The van der Waals surface area contributed by atoms with Crippen LogP contribution in [-0.2, 0) is 24.8 Å². The molecule has 0 aliphatic heterocycles. The first-order valence-corrected chi connectivity index (χ1v) is 16.1. The van der Waals surface area contributed by atoms with Crippen molar-refractivity contribution in [2.24, 2.45) is 0 Å². The number of amides is 1. The van der Waals surface area contributed by atoms with E-state index in [0.717, 1.165) is 15.4 Å². The smallest absolute Gasteiger partial charge is 0.264 e. The van der Waals surface area contributed by atoms with Crippen LogP contribution in [0.1, 0.15) is 11.1 Å². The molecule has 42 heavy (non-hydrogen) atoms. The topological polar surface area (TPSA) is 122 Å². The summed E-state index contributed by atoms with van der Waals surface area (Å²) in [5, 5.41) is 2.91. The lowest BCUT2D eigenvalue weighted by molar-refractivity contribution is -0.114. The number of rotatable bonds is 10. The molecule has 0 bridgehead atoms. The maximum atomic E-state index is 13.6. The second kappa shape index (κ2) is 12.6. The van der Waals surface area contributed by atoms with Crippen LogP contribution in [0.15, 0.2) is 94.7 Å². The lowest BCUT2D eigenvalue weighted by atomic mass is 10.2. The monoisotopic (exact) mass is 647 g/mol. The average molecular weight is 649 g/mol. The molecule has 9 nitrogen and oxygen atoms in total. The van der Waals surface area contributed by atoms with Crippen molar-refractivity contribution in [1.29, 1.82) is 0 Å². The Bertz CT molecular complexity index is 1830. The van der Waals surface area contributed by atoms with Crippen molar-refractivity contribution in [3.63, 3.8) is 0 Å². The molecule has 0 spiro atoms. The van der Waals surface area contributed by atoms with Gasteiger partial charge in [0.15, 0.2) is 0 Å². The van der Waals surface area contributed by atoms with E-state index in [1.165, 1.54) is 61.7 Å². The van der Waals surface area contributed by atoms with Gasteiger partial charge in [-0.15, -0.1) is 0 Å². The lowest BCUT2D eigenvalue weighted by Gasteiger charge is -2.25. The summed E-state index contributed by atoms with van der Waals surface area (Å²) in [5.74, 6) is -0.335. The first kappa shape index (κ1) is 31.2. The van der Waals surface area contributed by atoms with Gasteiger partial charge in [-0.05, 0) is 86.1 Å². The first-order chi connectivity index (χ1) is 19.8. The van der Waals surface area contributed by atoms with Crippen molar-refractivity contribution in [2.45, 2.75) is 23.6 Å². The van der Waals surface area contributed by atoms with Gasteiger partial charge < -0.3 is 10.1 Å². The Morgan fingerprint density at radius 3 is 2.07 bits per heavy atom. The fraction of sp³-hybridized carbons (Fsp3) is 0.138. The standard InChI is InChI=1S/C29H27Cl2N3O6S2/c1-19-4-10-24(11-5-19)42(38,39)34(27-17-21(30)7-14-25(27)31)18-29(35)32-22-8-12-23(13-9-22)41(36,37)33-26-16-20(2)6-15-28(26)40-3/h4-17,33H,18H2,1-3H3,(H,32,35). The third kappa shape index (κ3) is 7.16. The highest BCUT2D eigenvalue weighted by Crippen LogP contribution is 2.33. The summed E-state index contributed by atoms with van der Waals surface area (Å²) >= 11 is 12.5. The van der Waals surface area contributed by atoms with Gasteiger partial charge in [0.2, 0.25) is 5.91 Å². The normalized spacial score (nSPS) is 11.5. The predicted octanol–water partition coefficient (Wildman–Crippen LogP) is 6.25. The Morgan fingerprint density at radius 1 is 0.810 bits per heavy atom. The molecule has 2 N–H and O–H groups in total. The Labute approximate surface area is 255 Å². The van der Waals surface area contributed by atoms with Gasteiger partial charge >= 0.3 is 0 Å². The van der Waals surface area contributed by atoms with Gasteiger partial charge in [-0.1, -0.05) is 47.0 Å². The summed E-state index contributed by atoms with van der Waals surface area (Å²) in [7, 11) is -6.78. The molecular weight excluding hydrogens is 621 g/mol. The highest BCUT2D eigenvalue weighted by molar-refractivity contribution is 7.93. The summed E-state index contributed by atoms with van der Waals surface area (Å²) in [4.78, 5) is 13.0. The van der Waals surface area contributed by atoms with Gasteiger partial charge in [-0.25, -0.2) is 16.8 Å². The number of nitrogens with zero attached hydrogens (tertiary/aromatic N) is 1. The molecule has 0 saturated carbocycles. The molecule has 0 unspecified atom stereocenters. The van der Waals surface area contributed by atoms with Crippen LogP contribution in [0, 0.1) is 13.8 Å². The zero-order valence-corrected chi connectivity index (χ0v) is 25.9. The summed E-state index contributed by atoms with van der Waals surface area (Å²) in [6, 6.07) is 21.0. The van der Waals surface area contributed by atoms with Crippen molar-refractivity contribution >= 4 is 66.2 Å². The Balaban J connectivity index is 1.56. The lowest BCUT2D eigenvalue weighted by Crippen LogP contribution is -2.38. The van der Waals surface area contributed by atoms with Crippen LogP contribution >= 0.6 is 23.2 Å². The second-order valence-electron chi connectivity index (χ2n) is 9.30. The van der Waals surface area contributed by atoms with Crippen LogP contribution in [0.25, 0.3) is 0 Å². The van der Waals surface area contributed by atoms with Gasteiger partial charge in [0, 0.05) is 10.7 Å². The zero-order chi connectivity index (χ0) is 30.7. The van der Waals surface area contributed by atoms with Crippen molar-refractivity contribution in [3.8, 4) is 5.75 Å². The van der Waals surface area contributed by atoms with Gasteiger partial charge in [-0.3, -0.25) is 13.8 Å². The van der Waals surface area contributed by atoms with E-state index in [9.17, 15) is 21.6 Å². The Hall–Kier alpha value is -3.77. The van der Waals surface area contributed by atoms with Crippen LogP contribution in [0.2, 0.25) is 10.0 Å². The minimum atomic E-state index is -4.23. The molecule has 0 aromatic heterocycles. The number of anilines is 3. The number of sulfonamides is 2. The van der Waals surface area contributed by atoms with Gasteiger partial charge in [0.1, 0.15) is 12.3 Å². The second-order valence-corrected chi connectivity index (χ2v) is 13.7. The molecule has 4 aromatic rings. The molecule has 1 amide bonds. The number of nitrogens with one attached hydrogen (secondary N) is 2. The number of aryl methyl sites for hydroxylation is 2. The number of hydrogen-bond acceptors (Lipinski definition) is 6. The molecule has 0 aliphatic carbocycles. The average Bonchev–Trinajstić information content (AvgIpc) is 2.93. The number of benzene rings is 4. The Kier molecular flexibility index (Phi) is 9.37. The van der Waals surface area contributed by atoms with Crippen LogP contribution < -0.4 is 19.1 Å². The van der Waals surface area contributed by atoms with Crippen LogP contribution in [-0.4, -0.2) is 36.4 Å². The van der Waals surface area contributed by atoms with E-state index in [1.54, 1.807) is 30.3 Å². The summed E-state index contributed by atoms with van der Waals surface area (Å²) in [5.41, 5.74) is 2.25. The van der Waals surface area contributed by atoms with Crippen LogP contribution in [0.4, 0.5) is 17.1 Å². The summed E-state index contributed by atoms with van der Waals surface area (Å²) in [6.45, 7) is 3.01. The number of ether oxygens (including phenoxy) is 1. The van der Waals surface area contributed by atoms with E-state index in [1.807, 2.05) is 13.8 Å². The summed E-state index contributed by atoms with van der Waals surface area (Å²) in [6.07, 6.45) is 0. The number of carbonyl (C=O) groups excluding carboxylic acids is 1. The van der Waals surface area contributed by atoms with Crippen molar-refractivity contribution in [3.05, 3.63) is 106 Å². The minimum Gasteiger partial charge on any atom is -0.495 e. The SMILES string of the molecule is COc1ccc(C)cc1NS(=O)(=O)c1ccc(NC(=O)CN(c2cc(Cl)ccc2Cl)S(=O)(=O)c2ccc(C)cc2)cc1. The molecule has 13 heteroatoms. The van der Waals surface area contributed by atoms with Gasteiger partial charge in [-0.2, -0.15) is 0 Å². The number of halogens is 2. The van der Waals surface area contributed by atoms with E-state index < -0.39 is 32.5 Å². The third-order valence-corrected chi connectivity index (χ3v) is 9.83. The molecule has 0 atom stereocenters. The zero-order valence-electron chi connectivity index (χ0n) is 22.8. The van der Waals surface area contributed by atoms with E-state index >= 15 is 0 Å². The van der Waals surface area contributed by atoms with Gasteiger partial charge in [0.05, 0.1) is 33.3 Å². The molecule has 0 aliphatic rings. The van der Waals surface area contributed by atoms with Crippen molar-refractivity contribution in [2.75, 3.05) is 28.0 Å². The van der Waals surface area contributed by atoms with E-state index in [0.29, 0.717) is 5.75 Å². The van der Waals surface area contributed by atoms with Crippen LogP contribution in [0.5, 0.6) is 5.75 Å². The molecule has 0 heterocycles. The minimum absolute atomic E-state index is 0.0268. The van der Waals surface area contributed by atoms with E-state index in [4.69, 9.17) is 27.9 Å². The molecule has 0 fully saturated rings. The highest BCUT2D eigenvalue weighted by atomic mass is 35.5. The fourth-order valence-corrected chi connectivity index (χ4v) is 6.90. The molecule has 220 valence electrons. The largest absolute Gasteiger partial charge is 0.495 e. The number of carbonyl (C=O) groups is 1. The predicted molar refractivity (Wildman–Crippen MR) is 166 cm³/mol. The van der Waals surface area contributed by atoms with Crippen molar-refractivity contribution < 1.29 is 26.4 Å². The van der Waals surface area contributed by atoms with Gasteiger partial charge in [0.25, 0.3) is 20.0 Å². The maximum absolute atomic E-state index is 13.6.